The number of nitrogens with one attached hydrogen (secondary N) is 1. The highest BCUT2D eigenvalue weighted by molar-refractivity contribution is 5.90. The highest BCUT2D eigenvalue weighted by Crippen LogP contribution is 2.32. The first kappa shape index (κ1) is 25.4. The van der Waals surface area contributed by atoms with Gasteiger partial charge in [-0.3, -0.25) is 4.79 Å². The van der Waals surface area contributed by atoms with Gasteiger partial charge in [-0.2, -0.15) is 8.78 Å². The fourth-order valence-corrected chi connectivity index (χ4v) is 3.96. The molecule has 2 aromatic heterocycles. The molecule has 11 heteroatoms. The predicted molar refractivity (Wildman–Crippen MR) is 119 cm³/mol. The van der Waals surface area contributed by atoms with Gasteiger partial charge >= 0.3 is 12.1 Å². The molecular formula is C23H28F3N3O5. The third-order valence-electron chi connectivity index (χ3n) is 5.38. The van der Waals surface area contributed by atoms with E-state index >= 15 is 13.2 Å². The standard InChI is InChI=1S/C23H28F3N3O5/c1-6-12-10-14(21(31)33-7-2)20(30)29-17(12)15(24)18(16(25)19(29)26)28-9-8-13(11-28)27-22(32)34-23(3,4)5/h10,13H,6-9,11H2,1-5H3,(H,27,32). The minimum absolute atomic E-state index is 0.00922. The summed E-state index contributed by atoms with van der Waals surface area (Å²) in [5.74, 6) is -5.30. The van der Waals surface area contributed by atoms with Gasteiger partial charge in [0.25, 0.3) is 5.56 Å². The van der Waals surface area contributed by atoms with Crippen LogP contribution in [0.4, 0.5) is 23.7 Å². The number of esters is 1. The highest BCUT2D eigenvalue weighted by atomic mass is 19.2. The van der Waals surface area contributed by atoms with Crippen molar-refractivity contribution in [3.05, 3.63) is 45.1 Å². The van der Waals surface area contributed by atoms with Crippen molar-refractivity contribution < 1.29 is 32.2 Å². The van der Waals surface area contributed by atoms with Crippen LogP contribution < -0.4 is 15.8 Å². The lowest BCUT2D eigenvalue weighted by Gasteiger charge is -2.24. The summed E-state index contributed by atoms with van der Waals surface area (Å²) in [4.78, 5) is 38.2. The number of carbonyl (C=O) groups excluding carboxylic acids is 2. The van der Waals surface area contributed by atoms with Gasteiger partial charge in [-0.1, -0.05) is 6.92 Å². The molecule has 3 heterocycles. The molecule has 1 amide bonds. The van der Waals surface area contributed by atoms with E-state index in [1.54, 1.807) is 27.7 Å². The summed E-state index contributed by atoms with van der Waals surface area (Å²) in [6.07, 6.45) is -0.183. The molecule has 186 valence electrons. The second-order valence-electron chi connectivity index (χ2n) is 8.99. The number of aromatic nitrogens is 1. The number of rotatable bonds is 5. The van der Waals surface area contributed by atoms with E-state index in [-0.39, 0.29) is 36.1 Å². The molecule has 1 aliphatic heterocycles. The lowest BCUT2D eigenvalue weighted by atomic mass is 10.1. The lowest BCUT2D eigenvalue weighted by molar-refractivity contribution is 0.0503. The lowest BCUT2D eigenvalue weighted by Crippen LogP contribution is -2.40. The number of fused-ring (bicyclic) bond motifs is 1. The fraction of sp³-hybridized carbons (Fsp3) is 0.522. The molecule has 1 saturated heterocycles. The Bertz CT molecular complexity index is 1190. The maximum atomic E-state index is 15.6. The topological polar surface area (TPSA) is 89.3 Å². The Morgan fingerprint density at radius 1 is 1.18 bits per heavy atom. The van der Waals surface area contributed by atoms with Crippen LogP contribution in [0.2, 0.25) is 0 Å². The minimum Gasteiger partial charge on any atom is -0.462 e. The van der Waals surface area contributed by atoms with Gasteiger partial charge in [0.1, 0.15) is 16.9 Å². The molecule has 8 nitrogen and oxygen atoms in total. The molecule has 0 radical (unpaired) electrons. The maximum absolute atomic E-state index is 15.6. The first-order valence-corrected chi connectivity index (χ1v) is 11.1. The van der Waals surface area contributed by atoms with E-state index in [1.807, 2.05) is 0 Å². The molecule has 0 bridgehead atoms. The van der Waals surface area contributed by atoms with Crippen LogP contribution >= 0.6 is 0 Å². The monoisotopic (exact) mass is 483 g/mol. The Hall–Kier alpha value is -3.24. The molecule has 2 aromatic rings. The number of ether oxygens (including phenoxy) is 2. The first-order chi connectivity index (χ1) is 15.9. The van der Waals surface area contributed by atoms with Gasteiger partial charge in [0.15, 0.2) is 5.82 Å². The van der Waals surface area contributed by atoms with Crippen molar-refractivity contribution in [2.75, 3.05) is 24.6 Å². The van der Waals surface area contributed by atoms with Crippen LogP contribution in [-0.2, 0) is 15.9 Å². The largest absolute Gasteiger partial charge is 0.462 e. The molecule has 0 aliphatic carbocycles. The number of halogens is 3. The van der Waals surface area contributed by atoms with Gasteiger partial charge in [-0.25, -0.2) is 18.4 Å². The third-order valence-corrected chi connectivity index (χ3v) is 5.38. The van der Waals surface area contributed by atoms with E-state index in [0.29, 0.717) is 6.42 Å². The molecule has 34 heavy (non-hydrogen) atoms. The fourth-order valence-electron chi connectivity index (χ4n) is 3.96. The average molecular weight is 483 g/mol. The van der Waals surface area contributed by atoms with E-state index in [1.165, 1.54) is 11.8 Å². The van der Waals surface area contributed by atoms with Crippen LogP contribution in [0.25, 0.3) is 5.52 Å². The van der Waals surface area contributed by atoms with Crippen molar-refractivity contribution >= 4 is 23.3 Å². The summed E-state index contributed by atoms with van der Waals surface area (Å²) in [5, 5.41) is 2.64. The number of hydrogen-bond acceptors (Lipinski definition) is 6. The number of alkyl carbamates (subject to hydrolysis) is 1. The van der Waals surface area contributed by atoms with Gasteiger partial charge in [0.05, 0.1) is 18.2 Å². The van der Waals surface area contributed by atoms with Crippen LogP contribution in [0.15, 0.2) is 10.9 Å². The quantitative estimate of drug-likeness (QED) is 0.517. The molecule has 1 atom stereocenters. The van der Waals surface area contributed by atoms with Gasteiger partial charge < -0.3 is 19.7 Å². The van der Waals surface area contributed by atoms with E-state index in [4.69, 9.17) is 9.47 Å². The molecule has 0 spiro atoms. The SMILES string of the molecule is CCOC(=O)c1cc(CC)c2c(F)c(N3CCC(NC(=O)OC(C)(C)C)C3)c(F)c(F)n2c1=O. The van der Waals surface area contributed by atoms with E-state index < -0.39 is 63.6 Å². The second kappa shape index (κ2) is 9.55. The van der Waals surface area contributed by atoms with Crippen LogP contribution in [0.3, 0.4) is 0 Å². The molecule has 0 aromatic carbocycles. The number of hydrogen-bond donors (Lipinski definition) is 1. The zero-order chi connectivity index (χ0) is 25.4. The smallest absolute Gasteiger partial charge is 0.407 e. The predicted octanol–water partition coefficient (Wildman–Crippen LogP) is 3.56. The number of amides is 1. The molecule has 1 unspecified atom stereocenters. The molecule has 3 rings (SSSR count). The van der Waals surface area contributed by atoms with Gasteiger partial charge in [-0.15, -0.1) is 0 Å². The van der Waals surface area contributed by atoms with Crippen LogP contribution in [0.1, 0.15) is 57.0 Å². The van der Waals surface area contributed by atoms with E-state index in [0.717, 1.165) is 6.07 Å². The van der Waals surface area contributed by atoms with Crippen LogP contribution in [0.5, 0.6) is 0 Å². The molecule has 1 N–H and O–H groups in total. The zero-order valence-corrected chi connectivity index (χ0v) is 19.8. The summed E-state index contributed by atoms with van der Waals surface area (Å²) in [7, 11) is 0. The van der Waals surface area contributed by atoms with E-state index in [2.05, 4.69) is 5.32 Å². The summed E-state index contributed by atoms with van der Waals surface area (Å²) < 4.78 is 56.2. The Morgan fingerprint density at radius 3 is 2.44 bits per heavy atom. The molecular weight excluding hydrogens is 455 g/mol. The van der Waals surface area contributed by atoms with Crippen molar-refractivity contribution in [2.45, 2.75) is 59.1 Å². The number of carbonyl (C=O) groups is 2. The van der Waals surface area contributed by atoms with Crippen molar-refractivity contribution in [2.24, 2.45) is 0 Å². The zero-order valence-electron chi connectivity index (χ0n) is 19.8. The van der Waals surface area contributed by atoms with Gasteiger partial charge in [0, 0.05) is 13.1 Å². The molecule has 1 aliphatic rings. The number of pyridine rings is 2. The van der Waals surface area contributed by atoms with Crippen molar-refractivity contribution in [1.82, 2.24) is 9.72 Å². The second-order valence-corrected chi connectivity index (χ2v) is 8.99. The van der Waals surface area contributed by atoms with Crippen molar-refractivity contribution in [3.63, 3.8) is 0 Å². The molecule has 1 fully saturated rings. The Kier molecular flexibility index (Phi) is 7.13. The summed E-state index contributed by atoms with van der Waals surface area (Å²) in [6, 6.07) is 0.670. The number of aryl methyl sites for hydroxylation is 1. The Morgan fingerprint density at radius 2 is 1.85 bits per heavy atom. The molecule has 0 saturated carbocycles. The normalized spacial score (nSPS) is 16.1. The Balaban J connectivity index is 2.04. The minimum atomic E-state index is -1.61. The van der Waals surface area contributed by atoms with Gasteiger partial charge in [-0.05, 0) is 52.2 Å². The maximum Gasteiger partial charge on any atom is 0.407 e. The third kappa shape index (κ3) is 4.83. The van der Waals surface area contributed by atoms with Gasteiger partial charge in [0.2, 0.25) is 11.8 Å². The first-order valence-electron chi connectivity index (χ1n) is 11.1. The number of nitrogens with zero attached hydrogens (tertiary/aromatic N) is 2. The Labute approximate surface area is 194 Å². The summed E-state index contributed by atoms with van der Waals surface area (Å²) in [5.41, 5.74) is -3.37. The van der Waals surface area contributed by atoms with Crippen molar-refractivity contribution in [1.29, 1.82) is 0 Å². The average Bonchev–Trinajstić information content (AvgIpc) is 3.18. The summed E-state index contributed by atoms with van der Waals surface area (Å²) >= 11 is 0. The summed E-state index contributed by atoms with van der Waals surface area (Å²) in [6.45, 7) is 8.40. The van der Waals surface area contributed by atoms with Crippen molar-refractivity contribution in [3.8, 4) is 0 Å². The van der Waals surface area contributed by atoms with Crippen LogP contribution in [0, 0.1) is 17.6 Å². The number of anilines is 1. The van der Waals surface area contributed by atoms with E-state index in [9.17, 15) is 14.4 Å². The highest BCUT2D eigenvalue weighted by Gasteiger charge is 2.33. The van der Waals surface area contributed by atoms with Crippen LogP contribution in [-0.4, -0.2) is 47.8 Å².